The zero-order chi connectivity index (χ0) is 15.6. The maximum absolute atomic E-state index is 2.45. The Labute approximate surface area is 139 Å². The maximum Gasteiger partial charge on any atom is 0.120 e. The smallest absolute Gasteiger partial charge is 0.120 e. The third-order valence-corrected chi connectivity index (χ3v) is 11.7. The van der Waals surface area contributed by atoms with E-state index in [1.165, 1.54) is 12.1 Å². The second-order valence-electron chi connectivity index (χ2n) is 6.53. The van der Waals surface area contributed by atoms with E-state index in [4.69, 9.17) is 0 Å². The van der Waals surface area contributed by atoms with E-state index in [1.807, 2.05) is 0 Å². The molecule has 0 spiro atoms. The molecule has 0 amide bonds. The van der Waals surface area contributed by atoms with Gasteiger partial charge in [-0.3, -0.25) is 0 Å². The van der Waals surface area contributed by atoms with Gasteiger partial charge in [0.1, 0.15) is 8.07 Å². The molecular weight excluding hydrogens is 302 g/mol. The molecule has 3 heteroatoms. The van der Waals surface area contributed by atoms with Gasteiger partial charge in [0.25, 0.3) is 0 Å². The van der Waals surface area contributed by atoms with Crippen LogP contribution in [0.1, 0.15) is 0 Å². The van der Waals surface area contributed by atoms with Gasteiger partial charge < -0.3 is 4.90 Å². The van der Waals surface area contributed by atoms with Crippen molar-refractivity contribution in [3.05, 3.63) is 60.7 Å². The summed E-state index contributed by atoms with van der Waals surface area (Å²) in [5.74, 6) is 0. The Morgan fingerprint density at radius 1 is 0.864 bits per heavy atom. The fraction of sp³-hybridized carbons (Fsp3) is 0.368. The highest BCUT2D eigenvalue weighted by molar-refractivity contribution is 7.99. The van der Waals surface area contributed by atoms with Crippen LogP contribution < -0.4 is 10.4 Å². The molecule has 2 atom stereocenters. The summed E-state index contributed by atoms with van der Waals surface area (Å²) >= 11 is 2.05. The minimum atomic E-state index is -1.66. The minimum absolute atomic E-state index is 0.682. The van der Waals surface area contributed by atoms with Crippen molar-refractivity contribution < 1.29 is 0 Å². The Morgan fingerprint density at radius 3 is 1.73 bits per heavy atom. The molecule has 0 N–H and O–H groups in total. The first kappa shape index (κ1) is 15.8. The molecule has 1 aliphatic rings. The molecule has 0 radical (unpaired) electrons. The first-order chi connectivity index (χ1) is 10.7. The molecule has 1 heterocycles. The Balaban J connectivity index is 2.10. The van der Waals surface area contributed by atoms with Gasteiger partial charge >= 0.3 is 0 Å². The summed E-state index contributed by atoms with van der Waals surface area (Å²) in [6.07, 6.45) is 2.28. The molecule has 2 aromatic rings. The van der Waals surface area contributed by atoms with Crippen LogP contribution in [-0.4, -0.2) is 44.6 Å². The first-order valence-corrected chi connectivity index (χ1v) is 11.7. The van der Waals surface area contributed by atoms with Gasteiger partial charge in [-0.1, -0.05) is 71.0 Å². The Bertz CT molecular complexity index is 560. The van der Waals surface area contributed by atoms with Crippen LogP contribution >= 0.6 is 11.8 Å². The lowest BCUT2D eigenvalue weighted by atomic mass is 10.2. The fourth-order valence-corrected chi connectivity index (χ4v) is 11.7. The van der Waals surface area contributed by atoms with Gasteiger partial charge in [0.2, 0.25) is 0 Å². The molecule has 1 aliphatic heterocycles. The predicted octanol–water partition coefficient (Wildman–Crippen LogP) is 2.93. The molecule has 116 valence electrons. The van der Waals surface area contributed by atoms with Gasteiger partial charge in [0.05, 0.1) is 0 Å². The minimum Gasteiger partial charge on any atom is -0.306 e. The van der Waals surface area contributed by atoms with Crippen LogP contribution in [0.15, 0.2) is 60.7 Å². The molecule has 1 fully saturated rings. The summed E-state index contributed by atoms with van der Waals surface area (Å²) in [5.41, 5.74) is 0. The lowest BCUT2D eigenvalue weighted by molar-refractivity contribution is 0.322. The van der Waals surface area contributed by atoms with E-state index in [-0.39, 0.29) is 0 Å². The second kappa shape index (κ2) is 6.61. The van der Waals surface area contributed by atoms with Crippen LogP contribution in [0, 0.1) is 0 Å². The zero-order valence-corrected chi connectivity index (χ0v) is 15.5. The van der Waals surface area contributed by atoms with Crippen molar-refractivity contribution in [1.29, 1.82) is 0 Å². The van der Waals surface area contributed by atoms with Gasteiger partial charge in [0, 0.05) is 11.3 Å². The summed E-state index contributed by atoms with van der Waals surface area (Å²) in [7, 11) is 2.83. The summed E-state index contributed by atoms with van der Waals surface area (Å²) in [4.78, 5) is 2.45. The van der Waals surface area contributed by atoms with Crippen molar-refractivity contribution in [2.24, 2.45) is 0 Å². The number of thioether (sulfide) groups is 1. The highest BCUT2D eigenvalue weighted by Crippen LogP contribution is 2.38. The molecular formula is C19H25NSSi. The molecule has 0 saturated carbocycles. The summed E-state index contributed by atoms with van der Waals surface area (Å²) in [6.45, 7) is 0. The quantitative estimate of drug-likeness (QED) is 0.795. The summed E-state index contributed by atoms with van der Waals surface area (Å²) in [6, 6.07) is 26.0. The van der Waals surface area contributed by atoms with Gasteiger partial charge in [-0.25, -0.2) is 0 Å². The van der Waals surface area contributed by atoms with Crippen LogP contribution in [0.3, 0.4) is 0 Å². The van der Waals surface area contributed by atoms with Crippen LogP contribution in [0.5, 0.6) is 0 Å². The van der Waals surface area contributed by atoms with E-state index < -0.39 is 8.07 Å². The molecule has 1 saturated heterocycles. The highest BCUT2D eigenvalue weighted by atomic mass is 32.2. The monoisotopic (exact) mass is 327 g/mol. The SMILES string of the molecule is CS[C@@H]1C[Si](c2ccccc2)(c2ccccc2)C[C@H]1N(C)C. The van der Waals surface area contributed by atoms with Crippen LogP contribution in [0.2, 0.25) is 12.1 Å². The molecule has 0 aliphatic carbocycles. The van der Waals surface area contributed by atoms with E-state index in [0.29, 0.717) is 6.04 Å². The standard InChI is InChI=1S/C19H25NSSi/c1-20(2)18-14-22(15-19(18)21-3,16-10-6-4-7-11-16)17-12-8-5-9-13-17/h4-13,18-19H,14-15H2,1-3H3/t18-,19-/m1/s1. The third-order valence-electron chi connectivity index (χ3n) is 5.16. The van der Waals surface area contributed by atoms with Gasteiger partial charge in [-0.2, -0.15) is 11.8 Å². The molecule has 3 rings (SSSR count). The van der Waals surface area contributed by atoms with Crippen molar-refractivity contribution in [3.8, 4) is 0 Å². The number of hydrogen-bond donors (Lipinski definition) is 0. The van der Waals surface area contributed by atoms with Gasteiger partial charge in [-0.05, 0) is 32.4 Å². The number of nitrogens with zero attached hydrogens (tertiary/aromatic N) is 1. The highest BCUT2D eigenvalue weighted by Gasteiger charge is 2.49. The Morgan fingerprint density at radius 2 is 1.36 bits per heavy atom. The summed E-state index contributed by atoms with van der Waals surface area (Å²) in [5, 5.41) is 3.94. The molecule has 0 aromatic heterocycles. The zero-order valence-electron chi connectivity index (χ0n) is 13.7. The second-order valence-corrected chi connectivity index (χ2v) is 11.7. The largest absolute Gasteiger partial charge is 0.306 e. The molecule has 0 bridgehead atoms. The van der Waals surface area contributed by atoms with Crippen molar-refractivity contribution in [3.63, 3.8) is 0 Å². The molecule has 22 heavy (non-hydrogen) atoms. The van der Waals surface area contributed by atoms with Crippen LogP contribution in [0.4, 0.5) is 0 Å². The van der Waals surface area contributed by atoms with Crippen molar-refractivity contribution in [2.45, 2.75) is 23.4 Å². The summed E-state index contributed by atoms with van der Waals surface area (Å²) < 4.78 is 0. The molecule has 0 unspecified atom stereocenters. The average Bonchev–Trinajstić information content (AvgIpc) is 2.98. The predicted molar refractivity (Wildman–Crippen MR) is 102 cm³/mol. The van der Waals surface area contributed by atoms with Crippen LogP contribution in [-0.2, 0) is 0 Å². The fourth-order valence-electron chi connectivity index (χ4n) is 3.96. The van der Waals surface area contributed by atoms with Gasteiger partial charge in [-0.15, -0.1) is 0 Å². The number of rotatable bonds is 4. The Kier molecular flexibility index (Phi) is 4.76. The molecule has 1 nitrogen and oxygen atoms in total. The molecule has 2 aromatic carbocycles. The first-order valence-electron chi connectivity index (χ1n) is 7.97. The third kappa shape index (κ3) is 2.78. The van der Waals surface area contributed by atoms with E-state index in [2.05, 4.69) is 97.7 Å². The van der Waals surface area contributed by atoms with Crippen molar-refractivity contribution in [2.75, 3.05) is 20.4 Å². The Hall–Kier alpha value is -1.03. The normalized spacial score (nSPS) is 23.8. The van der Waals surface area contributed by atoms with Crippen LogP contribution in [0.25, 0.3) is 0 Å². The lowest BCUT2D eigenvalue weighted by Gasteiger charge is -2.29. The number of benzene rings is 2. The lowest BCUT2D eigenvalue weighted by Crippen LogP contribution is -2.56. The van der Waals surface area contributed by atoms with Crippen molar-refractivity contribution >= 4 is 30.2 Å². The van der Waals surface area contributed by atoms with E-state index in [9.17, 15) is 0 Å². The van der Waals surface area contributed by atoms with Crippen molar-refractivity contribution in [1.82, 2.24) is 4.90 Å². The topological polar surface area (TPSA) is 3.24 Å². The van der Waals surface area contributed by atoms with E-state index >= 15 is 0 Å². The average molecular weight is 328 g/mol. The van der Waals surface area contributed by atoms with E-state index in [1.54, 1.807) is 10.4 Å². The maximum atomic E-state index is 2.45. The van der Waals surface area contributed by atoms with Gasteiger partial charge in [0.15, 0.2) is 0 Å². The van der Waals surface area contributed by atoms with E-state index in [0.717, 1.165) is 5.25 Å². The number of hydrogen-bond acceptors (Lipinski definition) is 2.